The lowest BCUT2D eigenvalue weighted by molar-refractivity contribution is -0.142. The van der Waals surface area contributed by atoms with Crippen LogP contribution < -0.4 is 24.7 Å². The van der Waals surface area contributed by atoms with E-state index in [1.807, 2.05) is 54.6 Å². The molecule has 2 aliphatic heterocycles. The number of carbonyl (C=O) groups is 1. The van der Waals surface area contributed by atoms with Crippen LogP contribution in [-0.4, -0.2) is 24.7 Å². The SMILES string of the molecule is Nc1ccc2c(c1)C(c1ccc3c(c1)OCO3)C(C(=O)O)C2c1ccc2c(c1)OCO2. The molecular weight excluding hydrogens is 398 g/mol. The quantitative estimate of drug-likeness (QED) is 0.627. The van der Waals surface area contributed by atoms with Crippen LogP contribution in [0.3, 0.4) is 0 Å². The molecule has 6 rings (SSSR count). The Balaban J connectivity index is 1.53. The molecule has 0 aromatic heterocycles. The lowest BCUT2D eigenvalue weighted by Gasteiger charge is -2.23. The van der Waals surface area contributed by atoms with E-state index < -0.39 is 11.9 Å². The van der Waals surface area contributed by atoms with Gasteiger partial charge in [0.1, 0.15) is 0 Å². The molecule has 0 spiro atoms. The summed E-state index contributed by atoms with van der Waals surface area (Å²) in [4.78, 5) is 12.6. The van der Waals surface area contributed by atoms with Crippen LogP contribution in [0.5, 0.6) is 23.0 Å². The first-order valence-electron chi connectivity index (χ1n) is 10.0. The first kappa shape index (κ1) is 17.9. The third kappa shape index (κ3) is 2.70. The van der Waals surface area contributed by atoms with E-state index in [1.54, 1.807) is 0 Å². The van der Waals surface area contributed by atoms with Gasteiger partial charge < -0.3 is 29.8 Å². The highest BCUT2D eigenvalue weighted by Gasteiger charge is 2.47. The van der Waals surface area contributed by atoms with Gasteiger partial charge in [-0.3, -0.25) is 4.79 Å². The Labute approximate surface area is 177 Å². The zero-order chi connectivity index (χ0) is 21.1. The van der Waals surface area contributed by atoms with Gasteiger partial charge in [-0.15, -0.1) is 0 Å². The standard InChI is InChI=1S/C24H19NO6/c25-14-3-4-15-16(9-14)22(13-2-6-18-20(8-13)31-11-29-18)23(24(26)27)21(15)12-1-5-17-19(7-12)30-10-28-17/h1-9,21-23H,10-11,25H2,(H,26,27). The summed E-state index contributed by atoms with van der Waals surface area (Å²) >= 11 is 0. The maximum atomic E-state index is 12.6. The van der Waals surface area contributed by atoms with Gasteiger partial charge in [-0.2, -0.15) is 0 Å². The minimum Gasteiger partial charge on any atom is -0.481 e. The second kappa shape index (κ2) is 6.57. The van der Waals surface area contributed by atoms with Crippen LogP contribution in [-0.2, 0) is 4.79 Å². The lowest BCUT2D eigenvalue weighted by atomic mass is 9.79. The van der Waals surface area contributed by atoms with E-state index in [-0.39, 0.29) is 25.4 Å². The van der Waals surface area contributed by atoms with Crippen molar-refractivity contribution in [1.82, 2.24) is 0 Å². The van der Waals surface area contributed by atoms with E-state index in [1.165, 1.54) is 0 Å². The molecule has 3 aromatic rings. The molecule has 31 heavy (non-hydrogen) atoms. The average Bonchev–Trinajstić information content (AvgIpc) is 3.48. The van der Waals surface area contributed by atoms with E-state index in [2.05, 4.69) is 0 Å². The number of benzene rings is 3. The number of nitrogens with two attached hydrogens (primary N) is 1. The number of rotatable bonds is 3. The van der Waals surface area contributed by atoms with Gasteiger partial charge >= 0.3 is 5.97 Å². The lowest BCUT2D eigenvalue weighted by Crippen LogP contribution is -2.24. The van der Waals surface area contributed by atoms with Crippen molar-refractivity contribution >= 4 is 11.7 Å². The molecule has 3 aromatic carbocycles. The number of ether oxygens (including phenoxy) is 4. The Hall–Kier alpha value is -3.87. The first-order valence-corrected chi connectivity index (χ1v) is 10.0. The summed E-state index contributed by atoms with van der Waals surface area (Å²) < 4.78 is 21.9. The number of fused-ring (bicyclic) bond motifs is 3. The van der Waals surface area contributed by atoms with Gasteiger partial charge in [-0.05, 0) is 58.7 Å². The summed E-state index contributed by atoms with van der Waals surface area (Å²) in [5, 5.41) is 10.4. The first-order chi connectivity index (χ1) is 15.1. The molecule has 3 atom stereocenters. The maximum absolute atomic E-state index is 12.6. The molecule has 0 radical (unpaired) electrons. The van der Waals surface area contributed by atoms with Crippen LogP contribution in [0, 0.1) is 5.92 Å². The average molecular weight is 417 g/mol. The molecule has 7 heteroatoms. The van der Waals surface area contributed by atoms with E-state index in [0.717, 1.165) is 22.3 Å². The number of carboxylic acids is 1. The Morgan fingerprint density at radius 2 is 1.29 bits per heavy atom. The van der Waals surface area contributed by atoms with Gasteiger partial charge in [0, 0.05) is 17.5 Å². The molecule has 3 N–H and O–H groups in total. The fraction of sp³-hybridized carbons (Fsp3) is 0.208. The molecule has 7 nitrogen and oxygen atoms in total. The number of hydrogen-bond donors (Lipinski definition) is 2. The number of anilines is 1. The van der Waals surface area contributed by atoms with Crippen LogP contribution in [0.15, 0.2) is 54.6 Å². The van der Waals surface area contributed by atoms with Gasteiger partial charge in [0.2, 0.25) is 13.6 Å². The van der Waals surface area contributed by atoms with Crippen molar-refractivity contribution in [2.24, 2.45) is 5.92 Å². The predicted molar refractivity (Wildman–Crippen MR) is 111 cm³/mol. The van der Waals surface area contributed by atoms with Crippen molar-refractivity contribution in [1.29, 1.82) is 0 Å². The highest BCUT2D eigenvalue weighted by atomic mass is 16.7. The van der Waals surface area contributed by atoms with E-state index in [0.29, 0.717) is 28.7 Å². The topological polar surface area (TPSA) is 100 Å². The minimum absolute atomic E-state index is 0.162. The van der Waals surface area contributed by atoms with Crippen LogP contribution in [0.4, 0.5) is 5.69 Å². The second-order valence-electron chi connectivity index (χ2n) is 7.93. The normalized spacial score (nSPS) is 22.4. The predicted octanol–water partition coefficient (Wildman–Crippen LogP) is 3.70. The Kier molecular flexibility index (Phi) is 3.80. The fourth-order valence-corrected chi connectivity index (χ4v) is 5.00. The van der Waals surface area contributed by atoms with Crippen LogP contribution in [0.1, 0.15) is 34.1 Å². The third-order valence-corrected chi connectivity index (χ3v) is 6.30. The second-order valence-corrected chi connectivity index (χ2v) is 7.93. The molecule has 1 aliphatic carbocycles. The van der Waals surface area contributed by atoms with E-state index in [9.17, 15) is 9.90 Å². The molecule has 156 valence electrons. The number of aliphatic carboxylic acids is 1. The molecule has 3 unspecified atom stereocenters. The molecular formula is C24H19NO6. The van der Waals surface area contributed by atoms with Crippen LogP contribution in [0.25, 0.3) is 0 Å². The summed E-state index contributed by atoms with van der Waals surface area (Å²) in [6.45, 7) is 0.327. The third-order valence-electron chi connectivity index (χ3n) is 6.30. The molecule has 0 fully saturated rings. The smallest absolute Gasteiger partial charge is 0.308 e. The minimum atomic E-state index is -0.875. The zero-order valence-corrected chi connectivity index (χ0v) is 16.4. The Morgan fingerprint density at radius 1 is 0.742 bits per heavy atom. The van der Waals surface area contributed by atoms with Crippen molar-refractivity contribution in [2.45, 2.75) is 11.8 Å². The van der Waals surface area contributed by atoms with E-state index >= 15 is 0 Å². The molecule has 3 aliphatic rings. The largest absolute Gasteiger partial charge is 0.481 e. The monoisotopic (exact) mass is 417 g/mol. The number of nitrogen functional groups attached to an aromatic ring is 1. The van der Waals surface area contributed by atoms with Gasteiger partial charge in [-0.1, -0.05) is 18.2 Å². The summed E-state index contributed by atoms with van der Waals surface area (Å²) in [7, 11) is 0. The molecule has 0 saturated heterocycles. The molecule has 0 amide bonds. The van der Waals surface area contributed by atoms with Gasteiger partial charge in [0.05, 0.1) is 5.92 Å². The van der Waals surface area contributed by atoms with Crippen molar-refractivity contribution in [3.05, 3.63) is 76.9 Å². The highest BCUT2D eigenvalue weighted by Crippen LogP contribution is 2.54. The molecule has 0 saturated carbocycles. The molecule has 2 heterocycles. The van der Waals surface area contributed by atoms with E-state index in [4.69, 9.17) is 24.7 Å². The summed E-state index contributed by atoms with van der Waals surface area (Å²) in [5.74, 6) is 0.229. The highest BCUT2D eigenvalue weighted by molar-refractivity contribution is 5.78. The summed E-state index contributed by atoms with van der Waals surface area (Å²) in [6, 6.07) is 16.9. The van der Waals surface area contributed by atoms with Gasteiger partial charge in [0.25, 0.3) is 0 Å². The summed E-state index contributed by atoms with van der Waals surface area (Å²) in [5.41, 5.74) is 10.3. The summed E-state index contributed by atoms with van der Waals surface area (Å²) in [6.07, 6.45) is 0. The van der Waals surface area contributed by atoms with Gasteiger partial charge in [-0.25, -0.2) is 0 Å². The Morgan fingerprint density at radius 3 is 1.87 bits per heavy atom. The maximum Gasteiger partial charge on any atom is 0.308 e. The van der Waals surface area contributed by atoms with Crippen LogP contribution >= 0.6 is 0 Å². The zero-order valence-electron chi connectivity index (χ0n) is 16.4. The van der Waals surface area contributed by atoms with Crippen molar-refractivity contribution in [3.63, 3.8) is 0 Å². The van der Waals surface area contributed by atoms with Crippen molar-refractivity contribution in [3.8, 4) is 23.0 Å². The van der Waals surface area contributed by atoms with Crippen molar-refractivity contribution < 1.29 is 28.8 Å². The van der Waals surface area contributed by atoms with Crippen molar-refractivity contribution in [2.75, 3.05) is 19.3 Å². The number of carboxylic acid groups (broad SMARTS) is 1. The number of hydrogen-bond acceptors (Lipinski definition) is 6. The Bertz CT molecular complexity index is 1220. The van der Waals surface area contributed by atoms with Crippen LogP contribution in [0.2, 0.25) is 0 Å². The van der Waals surface area contributed by atoms with Gasteiger partial charge in [0.15, 0.2) is 23.0 Å². The fourth-order valence-electron chi connectivity index (χ4n) is 5.00. The molecule has 0 bridgehead atoms.